The Morgan fingerprint density at radius 3 is 2.53 bits per heavy atom. The van der Waals surface area contributed by atoms with Crippen molar-refractivity contribution in [3.63, 3.8) is 0 Å². The third-order valence-corrected chi connectivity index (χ3v) is 6.78. The normalized spacial score (nSPS) is 14.1. The van der Waals surface area contributed by atoms with Crippen molar-refractivity contribution in [1.29, 1.82) is 0 Å². The predicted molar refractivity (Wildman–Crippen MR) is 131 cm³/mol. The van der Waals surface area contributed by atoms with E-state index in [1.807, 2.05) is 0 Å². The summed E-state index contributed by atoms with van der Waals surface area (Å²) in [4.78, 5) is 29.7. The standard InChI is InChI=1S/C26H20ClF4N5O2/c1-13-10-33-18(17-3-6-32-25(35-17)26(4-5-26)24(30)31)9-20(13)36-14(2)7-21(22(27)23(36)37)38-12-19-16(29)8-15(28)11-34-19/h3,6-11,24H,4-5,12H2,1-2H3. The summed E-state index contributed by atoms with van der Waals surface area (Å²) in [5, 5.41) is -0.257. The van der Waals surface area contributed by atoms with Gasteiger partial charge in [0.15, 0.2) is 5.82 Å². The number of hydrogen-bond acceptors (Lipinski definition) is 6. The van der Waals surface area contributed by atoms with E-state index in [0.717, 1.165) is 6.20 Å². The van der Waals surface area contributed by atoms with Crippen molar-refractivity contribution < 1.29 is 22.3 Å². The van der Waals surface area contributed by atoms with Gasteiger partial charge in [-0.2, -0.15) is 0 Å². The molecule has 0 amide bonds. The van der Waals surface area contributed by atoms with Crippen molar-refractivity contribution in [1.82, 2.24) is 24.5 Å². The van der Waals surface area contributed by atoms with E-state index in [1.54, 1.807) is 32.2 Å². The molecule has 5 rings (SSSR count). The van der Waals surface area contributed by atoms with Crippen LogP contribution in [0.4, 0.5) is 17.6 Å². The first kappa shape index (κ1) is 25.8. The lowest BCUT2D eigenvalue weighted by Crippen LogP contribution is -2.23. The third kappa shape index (κ3) is 4.62. The summed E-state index contributed by atoms with van der Waals surface area (Å²) >= 11 is 6.33. The van der Waals surface area contributed by atoms with Crippen molar-refractivity contribution in [3.8, 4) is 22.8 Å². The number of pyridine rings is 3. The van der Waals surface area contributed by atoms with Crippen LogP contribution in [0.25, 0.3) is 17.1 Å². The van der Waals surface area contributed by atoms with Crippen LogP contribution in [0.3, 0.4) is 0 Å². The van der Waals surface area contributed by atoms with Crippen LogP contribution in [-0.4, -0.2) is 30.9 Å². The molecule has 196 valence electrons. The van der Waals surface area contributed by atoms with Gasteiger partial charge >= 0.3 is 0 Å². The van der Waals surface area contributed by atoms with E-state index in [0.29, 0.717) is 47.2 Å². The molecule has 38 heavy (non-hydrogen) atoms. The molecule has 4 heterocycles. The first-order valence-corrected chi connectivity index (χ1v) is 11.9. The number of aryl methyl sites for hydroxylation is 2. The van der Waals surface area contributed by atoms with Crippen LogP contribution in [0, 0.1) is 25.5 Å². The molecule has 0 radical (unpaired) electrons. The number of rotatable bonds is 7. The summed E-state index contributed by atoms with van der Waals surface area (Å²) < 4.78 is 61.1. The molecule has 0 spiro atoms. The van der Waals surface area contributed by atoms with E-state index in [9.17, 15) is 22.4 Å². The fourth-order valence-electron chi connectivity index (χ4n) is 4.09. The van der Waals surface area contributed by atoms with E-state index in [-0.39, 0.29) is 28.9 Å². The van der Waals surface area contributed by atoms with Crippen LogP contribution >= 0.6 is 11.6 Å². The second kappa shape index (κ2) is 9.79. The average Bonchev–Trinajstić information content (AvgIpc) is 3.70. The molecule has 1 aliphatic carbocycles. The quantitative estimate of drug-likeness (QED) is 0.285. The number of hydrogen-bond donors (Lipinski definition) is 0. The van der Waals surface area contributed by atoms with Crippen molar-refractivity contribution in [3.05, 3.63) is 92.6 Å². The lowest BCUT2D eigenvalue weighted by atomic mass is 10.1. The molecule has 7 nitrogen and oxygen atoms in total. The first-order valence-electron chi connectivity index (χ1n) is 11.5. The summed E-state index contributed by atoms with van der Waals surface area (Å²) in [5.74, 6) is -1.64. The van der Waals surface area contributed by atoms with Gasteiger partial charge in [0.05, 0.1) is 28.7 Å². The lowest BCUT2D eigenvalue weighted by Gasteiger charge is -2.17. The number of nitrogens with zero attached hydrogens (tertiary/aromatic N) is 5. The van der Waals surface area contributed by atoms with Crippen molar-refractivity contribution >= 4 is 11.6 Å². The number of aromatic nitrogens is 5. The Balaban J connectivity index is 1.49. The van der Waals surface area contributed by atoms with Crippen LogP contribution in [0.5, 0.6) is 5.75 Å². The zero-order chi connectivity index (χ0) is 27.2. The molecule has 0 saturated heterocycles. The Morgan fingerprint density at radius 1 is 1.08 bits per heavy atom. The van der Waals surface area contributed by atoms with Gasteiger partial charge in [-0.05, 0) is 44.4 Å². The summed E-state index contributed by atoms with van der Waals surface area (Å²) in [6, 6.07) is 5.37. The molecule has 1 fully saturated rings. The van der Waals surface area contributed by atoms with Crippen LogP contribution in [0.1, 0.15) is 35.6 Å². The zero-order valence-electron chi connectivity index (χ0n) is 20.2. The van der Waals surface area contributed by atoms with E-state index < -0.39 is 29.0 Å². The van der Waals surface area contributed by atoms with Gasteiger partial charge in [0, 0.05) is 30.2 Å². The van der Waals surface area contributed by atoms with E-state index in [1.165, 1.54) is 16.8 Å². The molecule has 0 N–H and O–H groups in total. The predicted octanol–water partition coefficient (Wildman–Crippen LogP) is 5.51. The van der Waals surface area contributed by atoms with E-state index >= 15 is 0 Å². The van der Waals surface area contributed by atoms with Gasteiger partial charge in [-0.25, -0.2) is 27.5 Å². The van der Waals surface area contributed by atoms with Gasteiger partial charge in [-0.1, -0.05) is 11.6 Å². The molecule has 0 bridgehead atoms. The number of ether oxygens (including phenoxy) is 1. The van der Waals surface area contributed by atoms with Crippen molar-refractivity contribution in [2.24, 2.45) is 0 Å². The van der Waals surface area contributed by atoms with Crippen LogP contribution in [0.15, 0.2) is 47.7 Å². The fourth-order valence-corrected chi connectivity index (χ4v) is 4.28. The maximum atomic E-state index is 13.9. The van der Waals surface area contributed by atoms with Gasteiger partial charge in [0.2, 0.25) is 0 Å². The molecular weight excluding hydrogens is 526 g/mol. The highest BCUT2D eigenvalue weighted by Crippen LogP contribution is 2.51. The molecule has 1 saturated carbocycles. The highest BCUT2D eigenvalue weighted by Gasteiger charge is 2.55. The monoisotopic (exact) mass is 545 g/mol. The van der Waals surface area contributed by atoms with Crippen LogP contribution < -0.4 is 10.3 Å². The largest absolute Gasteiger partial charge is 0.485 e. The Morgan fingerprint density at radius 2 is 1.84 bits per heavy atom. The Kier molecular flexibility index (Phi) is 6.64. The van der Waals surface area contributed by atoms with E-state index in [2.05, 4.69) is 19.9 Å². The second-order valence-corrected chi connectivity index (χ2v) is 9.43. The van der Waals surface area contributed by atoms with Gasteiger partial charge in [-0.15, -0.1) is 0 Å². The number of halogens is 5. The third-order valence-electron chi connectivity index (χ3n) is 6.43. The summed E-state index contributed by atoms with van der Waals surface area (Å²) in [5.41, 5.74) is 0.158. The van der Waals surface area contributed by atoms with Gasteiger partial charge < -0.3 is 4.74 Å². The molecule has 4 aromatic rings. The highest BCUT2D eigenvalue weighted by atomic mass is 35.5. The molecule has 1 aliphatic rings. The molecule has 0 aliphatic heterocycles. The van der Waals surface area contributed by atoms with Crippen LogP contribution in [-0.2, 0) is 12.0 Å². The molecule has 0 unspecified atom stereocenters. The SMILES string of the molecule is Cc1cnc(-c2ccnc(C3(C(F)F)CC3)n2)cc1-n1c(C)cc(OCc2ncc(F)cc2F)c(Cl)c1=O. The minimum Gasteiger partial charge on any atom is -0.485 e. The van der Waals surface area contributed by atoms with Gasteiger partial charge in [0.1, 0.15) is 34.7 Å². The van der Waals surface area contributed by atoms with Crippen LogP contribution in [0.2, 0.25) is 5.02 Å². The lowest BCUT2D eigenvalue weighted by molar-refractivity contribution is 0.0977. The molecule has 0 aromatic carbocycles. The molecule has 4 aromatic heterocycles. The summed E-state index contributed by atoms with van der Waals surface area (Å²) in [7, 11) is 0. The smallest absolute Gasteiger partial charge is 0.277 e. The zero-order valence-corrected chi connectivity index (χ0v) is 20.9. The minimum atomic E-state index is -2.57. The Hall–Kier alpha value is -3.86. The maximum absolute atomic E-state index is 13.9. The van der Waals surface area contributed by atoms with Crippen molar-refractivity contribution in [2.45, 2.75) is 45.1 Å². The summed E-state index contributed by atoms with van der Waals surface area (Å²) in [6.07, 6.45) is 1.87. The Labute approximate surface area is 219 Å². The molecule has 12 heteroatoms. The molecule has 0 atom stereocenters. The van der Waals surface area contributed by atoms with Gasteiger partial charge in [0.25, 0.3) is 12.0 Å². The molecular formula is C26H20ClF4N5O2. The minimum absolute atomic E-state index is 0.00467. The summed E-state index contributed by atoms with van der Waals surface area (Å²) in [6.45, 7) is 3.03. The Bertz CT molecular complexity index is 1610. The second-order valence-electron chi connectivity index (χ2n) is 9.05. The fraction of sp³-hybridized carbons (Fsp3) is 0.269. The van der Waals surface area contributed by atoms with Crippen molar-refractivity contribution in [2.75, 3.05) is 0 Å². The van der Waals surface area contributed by atoms with E-state index in [4.69, 9.17) is 16.3 Å². The first-order chi connectivity index (χ1) is 18.1. The number of alkyl halides is 2. The average molecular weight is 546 g/mol. The van der Waals surface area contributed by atoms with Gasteiger partial charge in [-0.3, -0.25) is 19.3 Å². The highest BCUT2D eigenvalue weighted by molar-refractivity contribution is 6.31. The maximum Gasteiger partial charge on any atom is 0.277 e. The topological polar surface area (TPSA) is 82.8 Å².